The van der Waals surface area contributed by atoms with E-state index in [2.05, 4.69) is 9.88 Å². The number of nitrogens with zero attached hydrogens (tertiary/aromatic N) is 2. The summed E-state index contributed by atoms with van der Waals surface area (Å²) in [4.78, 5) is 6.36. The zero-order valence-electron chi connectivity index (χ0n) is 13.6. The van der Waals surface area contributed by atoms with Gasteiger partial charge in [-0.05, 0) is 37.1 Å². The molecule has 2 N–H and O–H groups in total. The molecule has 2 atom stereocenters. The number of aliphatic hydroxyl groups excluding tert-OH is 1. The van der Waals surface area contributed by atoms with E-state index in [0.717, 1.165) is 18.5 Å². The van der Waals surface area contributed by atoms with Gasteiger partial charge >= 0.3 is 0 Å². The van der Waals surface area contributed by atoms with E-state index < -0.39 is 0 Å². The number of hydrogen-bond acceptors (Lipinski definition) is 6. The minimum atomic E-state index is -0.264. The summed E-state index contributed by atoms with van der Waals surface area (Å²) in [6, 6.07) is 9.03. The van der Waals surface area contributed by atoms with E-state index in [9.17, 15) is 10.2 Å². The highest BCUT2D eigenvalue weighted by molar-refractivity contribution is 5.47. The lowest BCUT2D eigenvalue weighted by Gasteiger charge is -2.31. The average molecular weight is 330 g/mol. The Bertz CT molecular complexity index is 665. The summed E-state index contributed by atoms with van der Waals surface area (Å²) in [5.41, 5.74) is 1.40. The Morgan fingerprint density at radius 2 is 2.12 bits per heavy atom. The summed E-state index contributed by atoms with van der Waals surface area (Å²) < 4.78 is 11.5. The van der Waals surface area contributed by atoms with Crippen molar-refractivity contribution in [3.05, 3.63) is 48.3 Å². The minimum Gasteiger partial charge on any atom is -0.507 e. The highest BCUT2D eigenvalue weighted by Crippen LogP contribution is 2.32. The lowest BCUT2D eigenvalue weighted by atomic mass is 10.2. The molecule has 0 bridgehead atoms. The van der Waals surface area contributed by atoms with E-state index in [1.165, 1.54) is 6.07 Å². The van der Waals surface area contributed by atoms with Crippen LogP contribution in [0.15, 0.2) is 42.7 Å². The molecule has 0 amide bonds. The van der Waals surface area contributed by atoms with E-state index in [0.29, 0.717) is 17.9 Å². The van der Waals surface area contributed by atoms with E-state index in [-0.39, 0.29) is 24.6 Å². The molecule has 24 heavy (non-hydrogen) atoms. The molecule has 1 aromatic heterocycles. The Kier molecular flexibility index (Phi) is 5.17. The number of hydrogen-bond donors (Lipinski definition) is 2. The molecule has 1 saturated heterocycles. The van der Waals surface area contributed by atoms with Crippen LogP contribution >= 0.6 is 0 Å². The SMILES string of the molecule is COC1CCC(COc2cccc(O)c2CO)N1c1cccnc1. The number of aliphatic hydroxyl groups is 1. The number of anilines is 1. The maximum Gasteiger partial charge on any atom is 0.130 e. The third kappa shape index (κ3) is 3.29. The van der Waals surface area contributed by atoms with Crippen LogP contribution in [0.25, 0.3) is 0 Å². The molecular weight excluding hydrogens is 308 g/mol. The number of phenols is 1. The van der Waals surface area contributed by atoms with Crippen molar-refractivity contribution in [2.75, 3.05) is 18.6 Å². The van der Waals surface area contributed by atoms with Crippen molar-refractivity contribution in [2.24, 2.45) is 0 Å². The largest absolute Gasteiger partial charge is 0.507 e. The Labute approximate surface area is 141 Å². The number of aromatic hydroxyl groups is 1. The number of benzene rings is 1. The van der Waals surface area contributed by atoms with Crippen molar-refractivity contribution < 1.29 is 19.7 Å². The van der Waals surface area contributed by atoms with Crippen LogP contribution < -0.4 is 9.64 Å². The van der Waals surface area contributed by atoms with Crippen molar-refractivity contribution in [1.29, 1.82) is 0 Å². The summed E-state index contributed by atoms with van der Waals surface area (Å²) in [6.45, 7) is 0.172. The van der Waals surface area contributed by atoms with E-state index in [4.69, 9.17) is 9.47 Å². The van der Waals surface area contributed by atoms with Crippen molar-refractivity contribution in [2.45, 2.75) is 31.7 Å². The third-order valence-electron chi connectivity index (χ3n) is 4.36. The van der Waals surface area contributed by atoms with Crippen LogP contribution in [0, 0.1) is 0 Å². The number of ether oxygens (including phenoxy) is 2. The van der Waals surface area contributed by atoms with E-state index in [1.807, 2.05) is 18.3 Å². The summed E-state index contributed by atoms with van der Waals surface area (Å²) in [7, 11) is 1.70. The molecular formula is C18H22N2O4. The first-order chi connectivity index (χ1) is 11.7. The zero-order valence-corrected chi connectivity index (χ0v) is 13.6. The highest BCUT2D eigenvalue weighted by Gasteiger charge is 2.34. The predicted molar refractivity (Wildman–Crippen MR) is 90.1 cm³/mol. The quantitative estimate of drug-likeness (QED) is 0.846. The molecule has 1 fully saturated rings. The molecule has 0 aliphatic carbocycles. The minimum absolute atomic E-state index is 0.00992. The number of rotatable bonds is 6. The fourth-order valence-electron chi connectivity index (χ4n) is 3.16. The Morgan fingerprint density at radius 1 is 1.25 bits per heavy atom. The summed E-state index contributed by atoms with van der Waals surface area (Å²) in [6.07, 6.45) is 5.39. The van der Waals surface area contributed by atoms with Crippen molar-refractivity contribution >= 4 is 5.69 Å². The first-order valence-electron chi connectivity index (χ1n) is 8.00. The van der Waals surface area contributed by atoms with Gasteiger partial charge in [0.15, 0.2) is 0 Å². The molecule has 1 aliphatic heterocycles. The van der Waals surface area contributed by atoms with Gasteiger partial charge in [-0.3, -0.25) is 4.98 Å². The second-order valence-corrected chi connectivity index (χ2v) is 5.76. The second kappa shape index (κ2) is 7.51. The molecule has 1 aliphatic rings. The smallest absolute Gasteiger partial charge is 0.130 e. The van der Waals surface area contributed by atoms with Crippen molar-refractivity contribution in [3.63, 3.8) is 0 Å². The van der Waals surface area contributed by atoms with Crippen LogP contribution in [-0.2, 0) is 11.3 Å². The summed E-state index contributed by atoms with van der Waals surface area (Å²) in [5.74, 6) is 0.546. The van der Waals surface area contributed by atoms with E-state index >= 15 is 0 Å². The lowest BCUT2D eigenvalue weighted by Crippen LogP contribution is -2.40. The molecule has 3 rings (SSSR count). The molecule has 6 nitrogen and oxygen atoms in total. The van der Waals surface area contributed by atoms with Gasteiger partial charge in [-0.2, -0.15) is 0 Å². The molecule has 6 heteroatoms. The van der Waals surface area contributed by atoms with Crippen LogP contribution in [0.1, 0.15) is 18.4 Å². The third-order valence-corrected chi connectivity index (χ3v) is 4.36. The fourth-order valence-corrected chi connectivity index (χ4v) is 3.16. The summed E-state index contributed by atoms with van der Waals surface area (Å²) >= 11 is 0. The average Bonchev–Trinajstić information content (AvgIpc) is 3.03. The van der Waals surface area contributed by atoms with Gasteiger partial charge in [-0.15, -0.1) is 0 Å². The van der Waals surface area contributed by atoms with Gasteiger partial charge in [0.2, 0.25) is 0 Å². The maximum absolute atomic E-state index is 9.81. The zero-order chi connectivity index (χ0) is 16.9. The topological polar surface area (TPSA) is 75.1 Å². The van der Waals surface area contributed by atoms with Gasteiger partial charge in [-0.25, -0.2) is 0 Å². The highest BCUT2D eigenvalue weighted by atomic mass is 16.5. The van der Waals surface area contributed by atoms with Crippen LogP contribution in [0.2, 0.25) is 0 Å². The van der Waals surface area contributed by atoms with Crippen molar-refractivity contribution in [3.8, 4) is 11.5 Å². The molecule has 0 spiro atoms. The molecule has 0 radical (unpaired) electrons. The van der Waals surface area contributed by atoms with Crippen LogP contribution in [-0.4, -0.2) is 41.2 Å². The Hall–Kier alpha value is -2.31. The predicted octanol–water partition coefficient (Wildman–Crippen LogP) is 2.30. The molecule has 2 unspecified atom stereocenters. The molecule has 0 saturated carbocycles. The molecule has 2 heterocycles. The monoisotopic (exact) mass is 330 g/mol. The van der Waals surface area contributed by atoms with Gasteiger partial charge in [0, 0.05) is 13.3 Å². The van der Waals surface area contributed by atoms with Crippen LogP contribution in [0.4, 0.5) is 5.69 Å². The second-order valence-electron chi connectivity index (χ2n) is 5.76. The molecule has 1 aromatic carbocycles. The van der Waals surface area contributed by atoms with Gasteiger partial charge < -0.3 is 24.6 Å². The van der Waals surface area contributed by atoms with Gasteiger partial charge in [0.05, 0.1) is 30.1 Å². The van der Waals surface area contributed by atoms with Gasteiger partial charge in [0.1, 0.15) is 24.3 Å². The van der Waals surface area contributed by atoms with Crippen LogP contribution in [0.5, 0.6) is 11.5 Å². The van der Waals surface area contributed by atoms with Gasteiger partial charge in [-0.1, -0.05) is 6.07 Å². The van der Waals surface area contributed by atoms with E-state index in [1.54, 1.807) is 25.4 Å². The standard InChI is InChI=1S/C18H22N2O4/c1-23-18-8-7-14(20(18)13-4-3-9-19-10-13)12-24-17-6-2-5-16(22)15(17)11-21/h2-6,9-10,14,18,21-22H,7-8,11-12H2,1H3. The Balaban J connectivity index is 1.76. The normalized spacial score (nSPS) is 20.3. The first kappa shape index (κ1) is 16.5. The summed E-state index contributed by atoms with van der Waals surface area (Å²) in [5, 5.41) is 19.2. The number of pyridine rings is 1. The molecule has 2 aromatic rings. The van der Waals surface area contributed by atoms with Gasteiger partial charge in [0.25, 0.3) is 0 Å². The lowest BCUT2D eigenvalue weighted by molar-refractivity contribution is 0.107. The fraction of sp³-hybridized carbons (Fsp3) is 0.389. The maximum atomic E-state index is 9.81. The Morgan fingerprint density at radius 3 is 2.83 bits per heavy atom. The van der Waals surface area contributed by atoms with Crippen LogP contribution in [0.3, 0.4) is 0 Å². The molecule has 128 valence electrons. The van der Waals surface area contributed by atoms with Crippen molar-refractivity contribution in [1.82, 2.24) is 4.98 Å². The first-order valence-corrected chi connectivity index (χ1v) is 8.00. The number of methoxy groups -OCH3 is 1. The number of aromatic nitrogens is 1.